The van der Waals surface area contributed by atoms with Crippen molar-refractivity contribution in [2.24, 2.45) is 0 Å². The Balaban J connectivity index is 1.25. The van der Waals surface area contributed by atoms with E-state index >= 15 is 0 Å². The minimum Gasteiger partial charge on any atom is -0.352 e. The number of carbonyl (C=O) groups excluding carboxylic acids is 1. The van der Waals surface area contributed by atoms with Crippen LogP contribution in [0, 0.1) is 0 Å². The molecule has 0 aromatic heterocycles. The van der Waals surface area contributed by atoms with Gasteiger partial charge in [-0.15, -0.1) is 11.8 Å². The maximum atomic E-state index is 12.7. The molecule has 0 saturated carbocycles. The number of rotatable bonds is 4. The topological polar surface area (TPSA) is 32.3 Å². The fraction of sp³-hybridized carbons (Fsp3) is 0.381. The normalized spacial score (nSPS) is 20.4. The minimum absolute atomic E-state index is 0.0108. The molecule has 1 saturated heterocycles. The molecule has 1 amide bonds. The molecule has 2 aliphatic rings. The Morgan fingerprint density at radius 1 is 1.11 bits per heavy atom. The third-order valence-corrected chi connectivity index (χ3v) is 7.32. The van der Waals surface area contributed by atoms with E-state index in [9.17, 15) is 4.79 Å². The van der Waals surface area contributed by atoms with Crippen LogP contribution in [0.1, 0.15) is 24.0 Å². The van der Waals surface area contributed by atoms with Crippen molar-refractivity contribution in [2.75, 3.05) is 13.1 Å². The highest BCUT2D eigenvalue weighted by Crippen LogP contribution is 2.37. The highest BCUT2D eigenvalue weighted by atomic mass is 35.5. The number of nitrogens with one attached hydrogen (secondary N) is 1. The SMILES string of the molecule is O=C(NC1CCN(Cc2ccc(Cl)c(Cl)c2)CC1)C1Cc2ccccc2S1. The molecule has 2 aromatic carbocycles. The molecule has 1 atom stereocenters. The molecule has 27 heavy (non-hydrogen) atoms. The zero-order valence-electron chi connectivity index (χ0n) is 15.0. The number of amides is 1. The first kappa shape index (κ1) is 19.1. The predicted molar refractivity (Wildman–Crippen MR) is 113 cm³/mol. The molecule has 0 bridgehead atoms. The van der Waals surface area contributed by atoms with Crippen LogP contribution in [-0.4, -0.2) is 35.2 Å². The summed E-state index contributed by atoms with van der Waals surface area (Å²) >= 11 is 13.8. The van der Waals surface area contributed by atoms with Gasteiger partial charge in [-0.25, -0.2) is 0 Å². The Labute approximate surface area is 174 Å². The molecule has 142 valence electrons. The molecule has 2 heterocycles. The van der Waals surface area contributed by atoms with Crippen molar-refractivity contribution >= 4 is 40.9 Å². The molecule has 4 rings (SSSR count). The van der Waals surface area contributed by atoms with Crippen molar-refractivity contribution < 1.29 is 4.79 Å². The fourth-order valence-electron chi connectivity index (χ4n) is 3.75. The van der Waals surface area contributed by atoms with Crippen LogP contribution >= 0.6 is 35.0 Å². The Bertz CT molecular complexity index is 812. The number of hydrogen-bond donors (Lipinski definition) is 1. The summed E-state index contributed by atoms with van der Waals surface area (Å²) in [5.74, 6) is 0.180. The van der Waals surface area contributed by atoms with Crippen LogP contribution in [0.4, 0.5) is 0 Å². The highest BCUT2D eigenvalue weighted by Gasteiger charge is 2.30. The Kier molecular flexibility index (Phi) is 5.98. The van der Waals surface area contributed by atoms with Gasteiger partial charge in [0.2, 0.25) is 5.91 Å². The molecule has 0 radical (unpaired) electrons. The second kappa shape index (κ2) is 8.44. The number of benzene rings is 2. The van der Waals surface area contributed by atoms with Gasteiger partial charge in [-0.3, -0.25) is 9.69 Å². The average Bonchev–Trinajstić information content (AvgIpc) is 3.11. The van der Waals surface area contributed by atoms with Crippen LogP contribution in [0.5, 0.6) is 0 Å². The van der Waals surface area contributed by atoms with E-state index in [-0.39, 0.29) is 17.2 Å². The summed E-state index contributed by atoms with van der Waals surface area (Å²) in [6, 6.07) is 14.4. The molecule has 0 aliphatic carbocycles. The van der Waals surface area contributed by atoms with Crippen molar-refractivity contribution in [3.63, 3.8) is 0 Å². The number of hydrogen-bond acceptors (Lipinski definition) is 3. The van der Waals surface area contributed by atoms with E-state index in [2.05, 4.69) is 22.3 Å². The number of carbonyl (C=O) groups is 1. The lowest BCUT2D eigenvalue weighted by Crippen LogP contribution is -2.46. The van der Waals surface area contributed by atoms with Crippen LogP contribution in [-0.2, 0) is 17.8 Å². The number of fused-ring (bicyclic) bond motifs is 1. The largest absolute Gasteiger partial charge is 0.352 e. The zero-order chi connectivity index (χ0) is 18.8. The molecule has 3 nitrogen and oxygen atoms in total. The van der Waals surface area contributed by atoms with Gasteiger partial charge in [-0.2, -0.15) is 0 Å². The lowest BCUT2D eigenvalue weighted by Gasteiger charge is -2.32. The summed E-state index contributed by atoms with van der Waals surface area (Å²) in [7, 11) is 0. The maximum Gasteiger partial charge on any atom is 0.234 e. The summed E-state index contributed by atoms with van der Waals surface area (Å²) in [5, 5.41) is 4.48. The van der Waals surface area contributed by atoms with Crippen LogP contribution in [0.2, 0.25) is 10.0 Å². The summed E-state index contributed by atoms with van der Waals surface area (Å²) in [4.78, 5) is 16.3. The van der Waals surface area contributed by atoms with E-state index in [1.165, 1.54) is 16.0 Å². The number of thioether (sulfide) groups is 1. The lowest BCUT2D eigenvalue weighted by molar-refractivity contribution is -0.121. The van der Waals surface area contributed by atoms with Gasteiger partial charge in [0.15, 0.2) is 0 Å². The molecular formula is C21H22Cl2N2OS. The Morgan fingerprint density at radius 2 is 1.89 bits per heavy atom. The highest BCUT2D eigenvalue weighted by molar-refractivity contribution is 8.01. The second-order valence-electron chi connectivity index (χ2n) is 7.23. The second-order valence-corrected chi connectivity index (χ2v) is 9.28. The van der Waals surface area contributed by atoms with Gasteiger partial charge in [0.05, 0.1) is 15.3 Å². The molecule has 1 unspecified atom stereocenters. The molecule has 0 spiro atoms. The number of halogens is 2. The minimum atomic E-state index is 0.0108. The summed E-state index contributed by atoms with van der Waals surface area (Å²) in [6.07, 6.45) is 2.80. The number of nitrogens with zero attached hydrogens (tertiary/aromatic N) is 1. The van der Waals surface area contributed by atoms with Crippen molar-refractivity contribution in [1.82, 2.24) is 10.2 Å². The van der Waals surface area contributed by atoms with E-state index < -0.39 is 0 Å². The number of piperidine rings is 1. The van der Waals surface area contributed by atoms with Crippen LogP contribution in [0.15, 0.2) is 47.4 Å². The first-order valence-electron chi connectivity index (χ1n) is 9.30. The van der Waals surface area contributed by atoms with E-state index in [1.54, 1.807) is 11.8 Å². The Morgan fingerprint density at radius 3 is 2.63 bits per heavy atom. The molecule has 2 aromatic rings. The fourth-order valence-corrected chi connectivity index (χ4v) is 5.28. The standard InChI is InChI=1S/C21H22Cl2N2OS/c22-17-6-5-14(11-18(17)23)13-25-9-7-16(8-10-25)24-21(26)20-12-15-3-1-2-4-19(15)27-20/h1-6,11,16,20H,7-10,12-13H2,(H,24,26). The quantitative estimate of drug-likeness (QED) is 0.771. The molecule has 1 fully saturated rings. The monoisotopic (exact) mass is 420 g/mol. The lowest BCUT2D eigenvalue weighted by atomic mass is 10.0. The first-order valence-corrected chi connectivity index (χ1v) is 10.9. The van der Waals surface area contributed by atoms with Crippen molar-refractivity contribution in [3.8, 4) is 0 Å². The van der Waals surface area contributed by atoms with Crippen LogP contribution in [0.25, 0.3) is 0 Å². The van der Waals surface area contributed by atoms with Crippen LogP contribution < -0.4 is 5.32 Å². The smallest absolute Gasteiger partial charge is 0.234 e. The Hall–Kier alpha value is -1.20. The van der Waals surface area contributed by atoms with Gasteiger partial charge in [-0.05, 0) is 48.6 Å². The molecule has 1 N–H and O–H groups in total. The third kappa shape index (κ3) is 4.62. The van der Waals surface area contributed by atoms with E-state index in [4.69, 9.17) is 23.2 Å². The van der Waals surface area contributed by atoms with E-state index in [1.807, 2.05) is 30.3 Å². The van der Waals surface area contributed by atoms with Gasteiger partial charge in [0.25, 0.3) is 0 Å². The van der Waals surface area contributed by atoms with E-state index in [0.29, 0.717) is 10.0 Å². The van der Waals surface area contributed by atoms with Gasteiger partial charge >= 0.3 is 0 Å². The first-order chi connectivity index (χ1) is 13.1. The molecular weight excluding hydrogens is 399 g/mol. The van der Waals surface area contributed by atoms with Crippen molar-refractivity contribution in [3.05, 3.63) is 63.6 Å². The van der Waals surface area contributed by atoms with Crippen molar-refractivity contribution in [1.29, 1.82) is 0 Å². The van der Waals surface area contributed by atoms with Gasteiger partial charge in [0.1, 0.15) is 0 Å². The van der Waals surface area contributed by atoms with Gasteiger partial charge < -0.3 is 5.32 Å². The maximum absolute atomic E-state index is 12.7. The van der Waals surface area contributed by atoms with Gasteiger partial charge in [-0.1, -0.05) is 47.5 Å². The molecule has 6 heteroatoms. The summed E-state index contributed by atoms with van der Waals surface area (Å²) in [5.41, 5.74) is 2.46. The zero-order valence-corrected chi connectivity index (χ0v) is 17.3. The van der Waals surface area contributed by atoms with Gasteiger partial charge in [0, 0.05) is 30.6 Å². The third-order valence-electron chi connectivity index (χ3n) is 5.26. The van der Waals surface area contributed by atoms with E-state index in [0.717, 1.165) is 38.9 Å². The molecule has 2 aliphatic heterocycles. The van der Waals surface area contributed by atoms with Crippen molar-refractivity contribution in [2.45, 2.75) is 42.0 Å². The summed E-state index contributed by atoms with van der Waals surface area (Å²) < 4.78 is 0. The predicted octanol–water partition coefficient (Wildman–Crippen LogP) is 4.79. The van der Waals surface area contributed by atoms with Crippen LogP contribution in [0.3, 0.4) is 0 Å². The summed E-state index contributed by atoms with van der Waals surface area (Å²) in [6.45, 7) is 2.82. The average molecular weight is 421 g/mol. The number of likely N-dealkylation sites (tertiary alicyclic amines) is 1.